The number of hydrogen-bond acceptors (Lipinski definition) is 2. The van der Waals surface area contributed by atoms with Crippen LogP contribution in [0.15, 0.2) is 16.6 Å². The molecule has 0 unspecified atom stereocenters. The highest BCUT2D eigenvalue weighted by atomic mass is 79.9. The first-order chi connectivity index (χ1) is 6.85. The van der Waals surface area contributed by atoms with Gasteiger partial charge in [0.15, 0.2) is 0 Å². The van der Waals surface area contributed by atoms with Crippen LogP contribution in [0.5, 0.6) is 5.75 Å². The van der Waals surface area contributed by atoms with Crippen LogP contribution in [0.25, 0.3) is 0 Å². The molecule has 0 spiro atoms. The van der Waals surface area contributed by atoms with E-state index in [-0.39, 0.29) is 5.82 Å². The molecule has 84 valence electrons. The molecule has 1 rings (SSSR count). The Kier molecular flexibility index (Phi) is 3.73. The maximum absolute atomic E-state index is 13.6. The van der Waals surface area contributed by atoms with Crippen LogP contribution in [0.2, 0.25) is 0 Å². The fourth-order valence-corrected chi connectivity index (χ4v) is 1.98. The van der Waals surface area contributed by atoms with Gasteiger partial charge in [0, 0.05) is 11.1 Å². The van der Waals surface area contributed by atoms with Crippen molar-refractivity contribution in [2.75, 3.05) is 7.11 Å². The van der Waals surface area contributed by atoms with Gasteiger partial charge in [0.05, 0.1) is 11.6 Å². The fourth-order valence-electron chi connectivity index (χ4n) is 1.35. The standard InChI is InChI=1S/C11H15BrFNO/c1-11(2,14)6-7-8(13)4-5-9(15-3)10(7)12/h4-5H,6,14H2,1-3H3. The minimum Gasteiger partial charge on any atom is -0.496 e. The monoisotopic (exact) mass is 275 g/mol. The number of methoxy groups -OCH3 is 1. The van der Waals surface area contributed by atoms with E-state index in [1.165, 1.54) is 6.07 Å². The molecule has 0 saturated heterocycles. The Morgan fingerprint density at radius 2 is 2.07 bits per heavy atom. The van der Waals surface area contributed by atoms with Crippen LogP contribution >= 0.6 is 15.9 Å². The summed E-state index contributed by atoms with van der Waals surface area (Å²) in [5.41, 5.74) is 5.98. The average Bonchev–Trinajstić information content (AvgIpc) is 2.11. The van der Waals surface area contributed by atoms with E-state index in [0.29, 0.717) is 22.2 Å². The molecule has 4 heteroatoms. The van der Waals surface area contributed by atoms with Gasteiger partial charge in [-0.15, -0.1) is 0 Å². The molecular weight excluding hydrogens is 261 g/mol. The second-order valence-corrected chi connectivity index (χ2v) is 5.00. The summed E-state index contributed by atoms with van der Waals surface area (Å²) in [4.78, 5) is 0. The van der Waals surface area contributed by atoms with Crippen molar-refractivity contribution in [1.82, 2.24) is 0 Å². The van der Waals surface area contributed by atoms with Crippen LogP contribution in [0.1, 0.15) is 19.4 Å². The number of halogens is 2. The third kappa shape index (κ3) is 3.18. The number of nitrogens with two attached hydrogens (primary N) is 1. The minimum absolute atomic E-state index is 0.263. The summed E-state index contributed by atoms with van der Waals surface area (Å²) < 4.78 is 19.3. The molecule has 0 aromatic heterocycles. The Balaban J connectivity index is 3.15. The normalized spacial score (nSPS) is 11.6. The van der Waals surface area contributed by atoms with E-state index in [1.54, 1.807) is 13.2 Å². The summed E-state index contributed by atoms with van der Waals surface area (Å²) >= 11 is 3.32. The summed E-state index contributed by atoms with van der Waals surface area (Å²) in [5, 5.41) is 0. The van der Waals surface area contributed by atoms with Gasteiger partial charge in [-0.3, -0.25) is 0 Å². The van der Waals surface area contributed by atoms with Crippen molar-refractivity contribution in [3.05, 3.63) is 28.0 Å². The van der Waals surface area contributed by atoms with Crippen molar-refractivity contribution >= 4 is 15.9 Å². The van der Waals surface area contributed by atoms with Crippen molar-refractivity contribution in [2.45, 2.75) is 25.8 Å². The van der Waals surface area contributed by atoms with Crippen LogP contribution in [-0.4, -0.2) is 12.6 Å². The van der Waals surface area contributed by atoms with E-state index in [4.69, 9.17) is 10.5 Å². The number of benzene rings is 1. The van der Waals surface area contributed by atoms with E-state index >= 15 is 0 Å². The van der Waals surface area contributed by atoms with Crippen molar-refractivity contribution in [3.8, 4) is 5.75 Å². The maximum Gasteiger partial charge on any atom is 0.133 e. The van der Waals surface area contributed by atoms with Gasteiger partial charge < -0.3 is 10.5 Å². The van der Waals surface area contributed by atoms with Gasteiger partial charge in [0.25, 0.3) is 0 Å². The molecule has 15 heavy (non-hydrogen) atoms. The highest BCUT2D eigenvalue weighted by Gasteiger charge is 2.19. The molecule has 0 amide bonds. The van der Waals surface area contributed by atoms with Crippen LogP contribution in [0.4, 0.5) is 4.39 Å². The molecule has 1 aromatic carbocycles. The van der Waals surface area contributed by atoms with Crippen LogP contribution in [0, 0.1) is 5.82 Å². The molecule has 0 radical (unpaired) electrons. The summed E-state index contributed by atoms with van der Waals surface area (Å²) in [6.45, 7) is 3.72. The van der Waals surface area contributed by atoms with E-state index in [1.807, 2.05) is 13.8 Å². The van der Waals surface area contributed by atoms with Crippen LogP contribution in [0.3, 0.4) is 0 Å². The zero-order valence-electron chi connectivity index (χ0n) is 9.10. The van der Waals surface area contributed by atoms with Crippen LogP contribution < -0.4 is 10.5 Å². The number of ether oxygens (including phenoxy) is 1. The Morgan fingerprint density at radius 3 is 2.53 bits per heavy atom. The third-order valence-electron chi connectivity index (χ3n) is 2.00. The molecule has 0 aliphatic rings. The van der Waals surface area contributed by atoms with Crippen LogP contribution in [-0.2, 0) is 6.42 Å². The van der Waals surface area contributed by atoms with Crippen molar-refractivity contribution in [1.29, 1.82) is 0 Å². The lowest BCUT2D eigenvalue weighted by atomic mass is 9.96. The van der Waals surface area contributed by atoms with Crippen molar-refractivity contribution < 1.29 is 9.13 Å². The maximum atomic E-state index is 13.6. The molecule has 2 nitrogen and oxygen atoms in total. The Hall–Kier alpha value is -0.610. The molecule has 0 heterocycles. The third-order valence-corrected chi connectivity index (χ3v) is 2.87. The highest BCUT2D eigenvalue weighted by molar-refractivity contribution is 9.10. The second-order valence-electron chi connectivity index (χ2n) is 4.21. The van der Waals surface area contributed by atoms with Gasteiger partial charge >= 0.3 is 0 Å². The number of rotatable bonds is 3. The summed E-state index contributed by atoms with van der Waals surface area (Å²) in [5.74, 6) is 0.358. The lowest BCUT2D eigenvalue weighted by Gasteiger charge is -2.20. The van der Waals surface area contributed by atoms with E-state index in [0.717, 1.165) is 0 Å². The summed E-state index contributed by atoms with van der Waals surface area (Å²) in [6.07, 6.45) is 0.455. The average molecular weight is 276 g/mol. The topological polar surface area (TPSA) is 35.2 Å². The Labute approximate surface area is 97.7 Å². The Morgan fingerprint density at radius 1 is 1.47 bits per heavy atom. The van der Waals surface area contributed by atoms with Gasteiger partial charge in [-0.05, 0) is 48.3 Å². The molecule has 0 fully saturated rings. The zero-order chi connectivity index (χ0) is 11.6. The first-order valence-electron chi connectivity index (χ1n) is 4.65. The first-order valence-corrected chi connectivity index (χ1v) is 5.44. The molecule has 0 aliphatic carbocycles. The second kappa shape index (κ2) is 4.49. The highest BCUT2D eigenvalue weighted by Crippen LogP contribution is 2.32. The zero-order valence-corrected chi connectivity index (χ0v) is 10.7. The summed E-state index contributed by atoms with van der Waals surface area (Å²) in [7, 11) is 1.55. The smallest absolute Gasteiger partial charge is 0.133 e. The minimum atomic E-state index is -0.449. The Bertz CT molecular complexity index is 360. The van der Waals surface area contributed by atoms with Crippen molar-refractivity contribution in [3.63, 3.8) is 0 Å². The molecule has 0 bridgehead atoms. The predicted octanol–water partition coefficient (Wildman–Crippen LogP) is 2.88. The first kappa shape index (κ1) is 12.5. The SMILES string of the molecule is COc1ccc(F)c(CC(C)(C)N)c1Br. The molecule has 0 saturated carbocycles. The number of hydrogen-bond donors (Lipinski definition) is 1. The van der Waals surface area contributed by atoms with E-state index in [9.17, 15) is 4.39 Å². The largest absolute Gasteiger partial charge is 0.496 e. The quantitative estimate of drug-likeness (QED) is 0.921. The fraction of sp³-hybridized carbons (Fsp3) is 0.455. The summed E-state index contributed by atoms with van der Waals surface area (Å²) in [6, 6.07) is 2.98. The lowest BCUT2D eigenvalue weighted by Crippen LogP contribution is -2.34. The van der Waals surface area contributed by atoms with E-state index < -0.39 is 5.54 Å². The molecule has 2 N–H and O–H groups in total. The lowest BCUT2D eigenvalue weighted by molar-refractivity contribution is 0.408. The van der Waals surface area contributed by atoms with Gasteiger partial charge in [0.1, 0.15) is 11.6 Å². The van der Waals surface area contributed by atoms with Gasteiger partial charge in [-0.1, -0.05) is 0 Å². The molecule has 0 aliphatic heterocycles. The predicted molar refractivity (Wildman–Crippen MR) is 62.6 cm³/mol. The van der Waals surface area contributed by atoms with Crippen molar-refractivity contribution in [2.24, 2.45) is 5.73 Å². The van der Waals surface area contributed by atoms with Gasteiger partial charge in [-0.25, -0.2) is 4.39 Å². The molecule has 1 aromatic rings. The molecule has 0 atom stereocenters. The van der Waals surface area contributed by atoms with Gasteiger partial charge in [0.2, 0.25) is 0 Å². The van der Waals surface area contributed by atoms with Gasteiger partial charge in [-0.2, -0.15) is 0 Å². The molecular formula is C11H15BrFNO. The van der Waals surface area contributed by atoms with E-state index in [2.05, 4.69) is 15.9 Å².